The number of nitrogens with zero attached hydrogens (tertiary/aromatic N) is 6. The number of benzene rings is 1. The minimum atomic E-state index is -0.296. The summed E-state index contributed by atoms with van der Waals surface area (Å²) in [5.74, 6) is 0.587. The van der Waals surface area contributed by atoms with E-state index in [9.17, 15) is 9.59 Å². The van der Waals surface area contributed by atoms with Gasteiger partial charge in [-0.2, -0.15) is 9.67 Å². The summed E-state index contributed by atoms with van der Waals surface area (Å²) in [5.41, 5.74) is 2.94. The minimum Gasteiger partial charge on any atom is -0.354 e. The van der Waals surface area contributed by atoms with Crippen LogP contribution in [0.2, 0.25) is 0 Å². The van der Waals surface area contributed by atoms with Crippen LogP contribution < -0.4 is 11.0 Å². The van der Waals surface area contributed by atoms with Gasteiger partial charge in [0.1, 0.15) is 0 Å². The number of carbonyl (C=O) groups is 1. The molecular weight excluding hydrogens is 346 g/mol. The Hall–Kier alpha value is -3.36. The molecule has 9 nitrogen and oxygen atoms in total. The summed E-state index contributed by atoms with van der Waals surface area (Å²) < 4.78 is 3.18. The smallest absolute Gasteiger partial charge is 0.348 e. The summed E-state index contributed by atoms with van der Waals surface area (Å²) in [6, 6.07) is 9.32. The van der Waals surface area contributed by atoms with E-state index in [4.69, 9.17) is 0 Å². The SMILES string of the molecule is Cc1cc(C)n(CCNC(=O)Cc2ccc(-n3nnnc3C)cc2)c(=O)n1. The zero-order valence-electron chi connectivity index (χ0n) is 15.5. The lowest BCUT2D eigenvalue weighted by molar-refractivity contribution is -0.120. The molecule has 0 aliphatic rings. The maximum Gasteiger partial charge on any atom is 0.348 e. The summed E-state index contributed by atoms with van der Waals surface area (Å²) in [7, 11) is 0. The van der Waals surface area contributed by atoms with Gasteiger partial charge in [-0.25, -0.2) is 4.79 Å². The third kappa shape index (κ3) is 4.43. The van der Waals surface area contributed by atoms with Crippen molar-refractivity contribution in [1.82, 2.24) is 35.1 Å². The number of tetrazole rings is 1. The highest BCUT2D eigenvalue weighted by atomic mass is 16.2. The molecule has 2 heterocycles. The molecule has 1 amide bonds. The molecule has 0 spiro atoms. The number of rotatable bonds is 6. The lowest BCUT2D eigenvalue weighted by Gasteiger charge is -2.11. The number of nitrogens with one attached hydrogen (secondary N) is 1. The first-order valence-corrected chi connectivity index (χ1v) is 8.60. The van der Waals surface area contributed by atoms with Crippen LogP contribution >= 0.6 is 0 Å². The van der Waals surface area contributed by atoms with E-state index in [2.05, 4.69) is 25.8 Å². The molecule has 3 rings (SSSR count). The minimum absolute atomic E-state index is 0.105. The number of hydrogen-bond donors (Lipinski definition) is 1. The van der Waals surface area contributed by atoms with Gasteiger partial charge >= 0.3 is 5.69 Å². The number of aryl methyl sites for hydroxylation is 3. The van der Waals surface area contributed by atoms with Gasteiger partial charge in [0.05, 0.1) is 12.1 Å². The Bertz CT molecular complexity index is 1010. The highest BCUT2D eigenvalue weighted by Gasteiger charge is 2.07. The number of carbonyl (C=O) groups excluding carboxylic acids is 1. The molecule has 1 aromatic carbocycles. The second-order valence-electron chi connectivity index (χ2n) is 6.30. The van der Waals surface area contributed by atoms with Crippen molar-refractivity contribution in [2.75, 3.05) is 6.54 Å². The zero-order valence-corrected chi connectivity index (χ0v) is 15.5. The van der Waals surface area contributed by atoms with E-state index in [1.165, 1.54) is 0 Å². The fraction of sp³-hybridized carbons (Fsp3) is 0.333. The highest BCUT2D eigenvalue weighted by Crippen LogP contribution is 2.10. The Morgan fingerprint density at radius 3 is 2.52 bits per heavy atom. The molecule has 0 aliphatic carbocycles. The molecule has 0 saturated heterocycles. The molecule has 9 heteroatoms. The van der Waals surface area contributed by atoms with Crippen molar-refractivity contribution in [1.29, 1.82) is 0 Å². The van der Waals surface area contributed by atoms with Crippen molar-refractivity contribution >= 4 is 5.91 Å². The molecular formula is C18H21N7O2. The van der Waals surface area contributed by atoms with Crippen LogP contribution in [0, 0.1) is 20.8 Å². The Balaban J connectivity index is 1.54. The van der Waals surface area contributed by atoms with Crippen molar-refractivity contribution in [3.05, 3.63) is 63.6 Å². The summed E-state index contributed by atoms with van der Waals surface area (Å²) in [6.45, 7) is 6.21. The van der Waals surface area contributed by atoms with E-state index in [-0.39, 0.29) is 18.0 Å². The largest absolute Gasteiger partial charge is 0.354 e. The maximum absolute atomic E-state index is 12.1. The lowest BCUT2D eigenvalue weighted by Crippen LogP contribution is -2.33. The van der Waals surface area contributed by atoms with E-state index in [0.717, 1.165) is 16.9 Å². The van der Waals surface area contributed by atoms with Crippen LogP contribution in [0.5, 0.6) is 0 Å². The van der Waals surface area contributed by atoms with E-state index >= 15 is 0 Å². The summed E-state index contributed by atoms with van der Waals surface area (Å²) in [6.07, 6.45) is 0.259. The first kappa shape index (κ1) is 18.4. The number of hydrogen-bond acceptors (Lipinski definition) is 6. The fourth-order valence-electron chi connectivity index (χ4n) is 2.83. The molecule has 27 heavy (non-hydrogen) atoms. The Morgan fingerprint density at radius 2 is 1.89 bits per heavy atom. The summed E-state index contributed by atoms with van der Waals surface area (Å²) in [4.78, 5) is 28.0. The lowest BCUT2D eigenvalue weighted by atomic mass is 10.1. The Kier molecular flexibility index (Phi) is 5.39. The van der Waals surface area contributed by atoms with E-state index in [1.54, 1.807) is 16.2 Å². The second-order valence-corrected chi connectivity index (χ2v) is 6.30. The Morgan fingerprint density at radius 1 is 1.15 bits per heavy atom. The van der Waals surface area contributed by atoms with Crippen LogP contribution in [0.4, 0.5) is 0 Å². The van der Waals surface area contributed by atoms with Gasteiger partial charge in [0, 0.05) is 24.5 Å². The van der Waals surface area contributed by atoms with Gasteiger partial charge in [0.2, 0.25) is 5.91 Å². The fourth-order valence-corrected chi connectivity index (χ4v) is 2.83. The van der Waals surface area contributed by atoms with Gasteiger partial charge in [-0.1, -0.05) is 12.1 Å². The molecule has 0 saturated carbocycles. The van der Waals surface area contributed by atoms with Crippen LogP contribution in [0.15, 0.2) is 35.1 Å². The first-order valence-electron chi connectivity index (χ1n) is 8.60. The molecule has 3 aromatic rings. The normalized spacial score (nSPS) is 10.8. The Labute approximate surface area is 156 Å². The van der Waals surface area contributed by atoms with Gasteiger partial charge in [-0.15, -0.1) is 5.10 Å². The summed E-state index contributed by atoms with van der Waals surface area (Å²) >= 11 is 0. The van der Waals surface area contributed by atoms with Crippen LogP contribution in [0.25, 0.3) is 5.69 Å². The third-order valence-corrected chi connectivity index (χ3v) is 4.18. The van der Waals surface area contributed by atoms with Crippen molar-refractivity contribution < 1.29 is 4.79 Å². The second kappa shape index (κ2) is 7.90. The quantitative estimate of drug-likeness (QED) is 0.680. The van der Waals surface area contributed by atoms with Gasteiger partial charge in [0.15, 0.2) is 5.82 Å². The zero-order chi connectivity index (χ0) is 19.4. The van der Waals surface area contributed by atoms with Crippen molar-refractivity contribution in [2.24, 2.45) is 0 Å². The van der Waals surface area contributed by atoms with Crippen molar-refractivity contribution in [3.63, 3.8) is 0 Å². The summed E-state index contributed by atoms with van der Waals surface area (Å²) in [5, 5.41) is 14.2. The van der Waals surface area contributed by atoms with Crippen LogP contribution in [-0.4, -0.2) is 42.2 Å². The van der Waals surface area contributed by atoms with Crippen LogP contribution in [0.1, 0.15) is 22.8 Å². The highest BCUT2D eigenvalue weighted by molar-refractivity contribution is 5.78. The van der Waals surface area contributed by atoms with E-state index in [1.807, 2.05) is 44.2 Å². The van der Waals surface area contributed by atoms with Crippen molar-refractivity contribution in [3.8, 4) is 5.69 Å². The average Bonchev–Trinajstić information content (AvgIpc) is 3.04. The predicted octanol–water partition coefficient (Wildman–Crippen LogP) is 0.503. The molecule has 140 valence electrons. The van der Waals surface area contributed by atoms with Gasteiger partial charge < -0.3 is 5.32 Å². The van der Waals surface area contributed by atoms with E-state index in [0.29, 0.717) is 24.6 Å². The molecule has 0 fully saturated rings. The maximum atomic E-state index is 12.1. The average molecular weight is 367 g/mol. The van der Waals surface area contributed by atoms with Gasteiger partial charge in [-0.3, -0.25) is 9.36 Å². The molecule has 0 unspecified atom stereocenters. The van der Waals surface area contributed by atoms with Crippen LogP contribution in [-0.2, 0) is 17.8 Å². The van der Waals surface area contributed by atoms with Crippen LogP contribution in [0.3, 0.4) is 0 Å². The monoisotopic (exact) mass is 367 g/mol. The van der Waals surface area contributed by atoms with Gasteiger partial charge in [-0.05, 0) is 55.0 Å². The van der Waals surface area contributed by atoms with E-state index < -0.39 is 0 Å². The standard InChI is InChI=1S/C18H21N7O2/c1-12-10-13(2)24(18(27)20-12)9-8-19-17(26)11-15-4-6-16(7-5-15)25-14(3)21-22-23-25/h4-7,10H,8-9,11H2,1-3H3,(H,19,26). The molecule has 2 aromatic heterocycles. The number of aromatic nitrogens is 6. The topological polar surface area (TPSA) is 108 Å². The first-order chi connectivity index (χ1) is 12.9. The molecule has 0 bridgehead atoms. The predicted molar refractivity (Wildman–Crippen MR) is 98.6 cm³/mol. The van der Waals surface area contributed by atoms with Gasteiger partial charge in [0.25, 0.3) is 0 Å². The number of amides is 1. The molecule has 0 radical (unpaired) electrons. The molecule has 1 N–H and O–H groups in total. The van der Waals surface area contributed by atoms with Crippen molar-refractivity contribution in [2.45, 2.75) is 33.7 Å². The third-order valence-electron chi connectivity index (χ3n) is 4.18. The molecule has 0 atom stereocenters. The molecule has 0 aliphatic heterocycles.